The summed E-state index contributed by atoms with van der Waals surface area (Å²) in [7, 11) is -3.48. The first-order valence-electron chi connectivity index (χ1n) is 17.5. The van der Waals surface area contributed by atoms with Crippen LogP contribution >= 0.6 is 0 Å². The Hall–Kier alpha value is -3.93. The third kappa shape index (κ3) is 6.51. The molecule has 0 fully saturated rings. The number of ether oxygens (including phenoxy) is 1. The highest BCUT2D eigenvalue weighted by atomic mass is 28.4. The summed E-state index contributed by atoms with van der Waals surface area (Å²) in [4.78, 5) is 28.5. The Kier molecular flexibility index (Phi) is 9.33. The van der Waals surface area contributed by atoms with Crippen LogP contribution in [0.1, 0.15) is 80.4 Å². The van der Waals surface area contributed by atoms with Crippen LogP contribution in [0.5, 0.6) is 5.75 Å². The molecule has 1 amide bonds. The molecule has 4 aromatic rings. The number of hydrogen-bond donors (Lipinski definition) is 1. The van der Waals surface area contributed by atoms with E-state index in [-0.39, 0.29) is 40.6 Å². The topological polar surface area (TPSA) is 85.3 Å². The zero-order chi connectivity index (χ0) is 36.3. The van der Waals surface area contributed by atoms with E-state index < -0.39 is 29.4 Å². The van der Waals surface area contributed by atoms with Crippen LogP contribution in [0, 0.1) is 5.41 Å². The molecule has 1 N–H and O–H groups in total. The molecule has 1 aliphatic carbocycles. The van der Waals surface area contributed by atoms with Gasteiger partial charge in [0.1, 0.15) is 12.4 Å². The Morgan fingerprint density at radius 1 is 0.900 bits per heavy atom. The van der Waals surface area contributed by atoms with Gasteiger partial charge in [0.05, 0.1) is 17.4 Å². The van der Waals surface area contributed by atoms with Crippen molar-refractivity contribution >= 4 is 45.9 Å². The van der Waals surface area contributed by atoms with Gasteiger partial charge in [-0.1, -0.05) is 90.1 Å². The molecule has 2 unspecified atom stereocenters. The first-order chi connectivity index (χ1) is 23.4. The number of nitrogens with zero attached hydrogens (tertiary/aromatic N) is 1. The molecule has 263 valence electrons. The molecule has 4 aromatic carbocycles. The van der Waals surface area contributed by atoms with Crippen molar-refractivity contribution in [3.05, 3.63) is 95.1 Å². The van der Waals surface area contributed by atoms with Crippen LogP contribution in [0.3, 0.4) is 0 Å². The number of fused-ring (bicyclic) bond motifs is 6. The zero-order valence-corrected chi connectivity index (χ0v) is 33.0. The predicted octanol–water partition coefficient (Wildman–Crippen LogP) is 10.5. The van der Waals surface area contributed by atoms with E-state index >= 15 is 0 Å². The van der Waals surface area contributed by atoms with Gasteiger partial charge in [0, 0.05) is 29.8 Å². The van der Waals surface area contributed by atoms with Crippen molar-refractivity contribution < 1.29 is 28.3 Å². The van der Waals surface area contributed by atoms with E-state index in [4.69, 9.17) is 13.6 Å². The number of hydrogen-bond acceptors (Lipinski definition) is 5. The second-order valence-corrected chi connectivity index (χ2v) is 23.3. The summed E-state index contributed by atoms with van der Waals surface area (Å²) >= 11 is 0. The van der Waals surface area contributed by atoms with E-state index in [9.17, 15) is 14.7 Å². The average Bonchev–Trinajstić information content (AvgIpc) is 3.57. The average molecular weight is 709 g/mol. The summed E-state index contributed by atoms with van der Waals surface area (Å²) in [5, 5.41) is 11.6. The minimum Gasteiger partial charge on any atom is -0.543 e. The van der Waals surface area contributed by atoms with Crippen molar-refractivity contribution in [2.45, 2.75) is 90.7 Å². The van der Waals surface area contributed by atoms with Crippen LogP contribution in [-0.2, 0) is 9.16 Å². The quantitative estimate of drug-likeness (QED) is 0.183. The second kappa shape index (κ2) is 13.0. The van der Waals surface area contributed by atoms with E-state index in [2.05, 4.69) is 92.0 Å². The van der Waals surface area contributed by atoms with Crippen LogP contribution in [0.4, 0.5) is 10.5 Å². The lowest BCUT2D eigenvalue weighted by Gasteiger charge is -2.38. The molecular weight excluding hydrogens is 659 g/mol. The van der Waals surface area contributed by atoms with Gasteiger partial charge in [0.2, 0.25) is 9.04 Å². The van der Waals surface area contributed by atoms with Gasteiger partial charge in [-0.05, 0) is 88.0 Å². The van der Waals surface area contributed by atoms with Crippen molar-refractivity contribution in [2.24, 2.45) is 5.41 Å². The normalized spacial score (nSPS) is 16.7. The van der Waals surface area contributed by atoms with Crippen LogP contribution in [0.15, 0.2) is 72.8 Å². The van der Waals surface area contributed by atoms with Crippen molar-refractivity contribution in [3.63, 3.8) is 0 Å². The highest BCUT2D eigenvalue weighted by Gasteiger charge is 2.46. The molecular formula is C41H50NO6Si2. The van der Waals surface area contributed by atoms with E-state index in [1.165, 1.54) is 11.1 Å². The third-order valence-corrected chi connectivity index (χ3v) is 15.8. The van der Waals surface area contributed by atoms with Gasteiger partial charge in [-0.25, -0.2) is 9.59 Å². The summed E-state index contributed by atoms with van der Waals surface area (Å²) in [5.41, 5.74) is 6.16. The molecule has 0 saturated heterocycles. The summed E-state index contributed by atoms with van der Waals surface area (Å²) in [6.45, 7) is 22.2. The van der Waals surface area contributed by atoms with Crippen molar-refractivity contribution in [1.29, 1.82) is 0 Å². The van der Waals surface area contributed by atoms with E-state index in [0.717, 1.165) is 27.5 Å². The molecule has 9 heteroatoms. The van der Waals surface area contributed by atoms with Crippen LogP contribution in [0.25, 0.3) is 21.9 Å². The van der Waals surface area contributed by atoms with Gasteiger partial charge >= 0.3 is 12.1 Å². The monoisotopic (exact) mass is 708 g/mol. The molecule has 2 aliphatic rings. The highest BCUT2D eigenvalue weighted by molar-refractivity contribution is 6.74. The molecule has 50 heavy (non-hydrogen) atoms. The number of anilines is 1. The second-order valence-electron chi connectivity index (χ2n) is 16.6. The molecule has 0 bridgehead atoms. The minimum atomic E-state index is -2.34. The molecule has 0 spiro atoms. The Bertz CT molecular complexity index is 1910. The van der Waals surface area contributed by atoms with Gasteiger partial charge in [-0.2, -0.15) is 0 Å². The maximum atomic E-state index is 14.4. The highest BCUT2D eigenvalue weighted by Crippen LogP contribution is 2.52. The van der Waals surface area contributed by atoms with Gasteiger partial charge < -0.3 is 18.7 Å². The number of rotatable bonds is 8. The van der Waals surface area contributed by atoms with E-state index in [1.54, 1.807) is 17.0 Å². The summed E-state index contributed by atoms with van der Waals surface area (Å²) in [6, 6.07) is 23.9. The van der Waals surface area contributed by atoms with Gasteiger partial charge in [0.15, 0.2) is 0 Å². The first-order valence-corrected chi connectivity index (χ1v) is 22.8. The first kappa shape index (κ1) is 35.9. The number of aromatic carboxylic acids is 1. The lowest BCUT2D eigenvalue weighted by molar-refractivity contribution is 0.0648. The number of carboxylic acid groups (broad SMARTS) is 1. The maximum Gasteiger partial charge on any atom is 0.414 e. The fourth-order valence-corrected chi connectivity index (χ4v) is 9.30. The smallest absolute Gasteiger partial charge is 0.414 e. The molecule has 0 saturated carbocycles. The molecule has 1 aliphatic heterocycles. The number of carboxylic acids is 1. The molecule has 1 heterocycles. The fraction of sp³-hybridized carbons (Fsp3) is 0.415. The molecule has 2 atom stereocenters. The Labute approximate surface area is 299 Å². The van der Waals surface area contributed by atoms with Gasteiger partial charge in [-0.15, -0.1) is 0 Å². The maximum absolute atomic E-state index is 14.4. The lowest BCUT2D eigenvalue weighted by atomic mass is 9.78. The van der Waals surface area contributed by atoms with E-state index in [1.807, 2.05) is 36.4 Å². The van der Waals surface area contributed by atoms with Crippen molar-refractivity contribution in [2.75, 3.05) is 18.1 Å². The molecule has 7 nitrogen and oxygen atoms in total. The largest absolute Gasteiger partial charge is 0.543 e. The van der Waals surface area contributed by atoms with Crippen LogP contribution < -0.4 is 9.33 Å². The number of benzene rings is 4. The Balaban J connectivity index is 1.48. The lowest BCUT2D eigenvalue weighted by Crippen LogP contribution is -2.44. The number of amides is 1. The Morgan fingerprint density at radius 3 is 2.04 bits per heavy atom. The summed E-state index contributed by atoms with van der Waals surface area (Å²) in [6.07, 6.45) is -0.672. The molecule has 1 radical (unpaired) electrons. The summed E-state index contributed by atoms with van der Waals surface area (Å²) < 4.78 is 20.0. The zero-order valence-electron chi connectivity index (χ0n) is 31.0. The molecule has 0 aromatic heterocycles. The summed E-state index contributed by atoms with van der Waals surface area (Å²) in [5.74, 6) is -0.648. The standard InChI is InChI=1S/C41H50NO6Si2/c1-40(2,3)37(47-49(7)8)32-23-42(39(45)46-24-33-28-17-13-11-15-26(28)27-16-12-14-18-29(27)33)34-22-35(48-50(9,10)41(4,5)6)30-20-19-25(38(43)44)21-31(30)36(32)34/h11-22,32-33,37H,23-24H2,1-10H3,(H,43,44). The Morgan fingerprint density at radius 2 is 1.50 bits per heavy atom. The third-order valence-electron chi connectivity index (χ3n) is 10.7. The van der Waals surface area contributed by atoms with Gasteiger partial charge in [-0.3, -0.25) is 4.90 Å². The number of carbonyl (C=O) groups excluding carboxylic acids is 1. The van der Waals surface area contributed by atoms with E-state index in [0.29, 0.717) is 18.0 Å². The molecule has 6 rings (SSSR count). The van der Waals surface area contributed by atoms with Gasteiger partial charge in [0.25, 0.3) is 8.32 Å². The van der Waals surface area contributed by atoms with Crippen LogP contribution in [-0.4, -0.2) is 53.8 Å². The van der Waals surface area contributed by atoms with Crippen molar-refractivity contribution in [1.82, 2.24) is 0 Å². The van der Waals surface area contributed by atoms with Crippen molar-refractivity contribution in [3.8, 4) is 16.9 Å². The fourth-order valence-electron chi connectivity index (χ4n) is 7.25. The SMILES string of the molecule is C[Si](C)OC(C1CN(C(=O)OCC2c3ccccc3-c3ccccc32)c2cc(O[Si](C)(C)C(C)(C)C)c3ccc(C(=O)O)cc3c21)C(C)(C)C. The van der Waals surface area contributed by atoms with Crippen LogP contribution in [0.2, 0.25) is 31.2 Å². The number of carbonyl (C=O) groups is 2. The predicted molar refractivity (Wildman–Crippen MR) is 206 cm³/mol. The minimum absolute atomic E-state index is 0.0765.